The van der Waals surface area contributed by atoms with Crippen molar-refractivity contribution in [2.75, 3.05) is 0 Å². The third kappa shape index (κ3) is 4.08. The molecule has 21 heavy (non-hydrogen) atoms. The molecule has 1 heterocycles. The Morgan fingerprint density at radius 2 is 1.95 bits per heavy atom. The number of ether oxygens (including phenoxy) is 1. The number of aryl methyl sites for hydroxylation is 2. The van der Waals surface area contributed by atoms with Crippen molar-refractivity contribution in [2.45, 2.75) is 46.4 Å². The average Bonchev–Trinajstić information content (AvgIpc) is 2.74. The summed E-state index contributed by atoms with van der Waals surface area (Å²) in [7, 11) is 1.95. The Hall–Kier alpha value is -1.81. The van der Waals surface area contributed by atoms with E-state index >= 15 is 0 Å². The summed E-state index contributed by atoms with van der Waals surface area (Å²) in [6, 6.07) is 8.43. The summed E-state index contributed by atoms with van der Waals surface area (Å²) in [5.74, 6) is 0.954. The van der Waals surface area contributed by atoms with Gasteiger partial charge >= 0.3 is 0 Å². The Kier molecular flexibility index (Phi) is 5.02. The van der Waals surface area contributed by atoms with Crippen molar-refractivity contribution < 1.29 is 4.74 Å². The molecule has 0 aliphatic carbocycles. The predicted octanol–water partition coefficient (Wildman–Crippen LogP) is 3.37. The summed E-state index contributed by atoms with van der Waals surface area (Å²) < 4.78 is 7.74. The van der Waals surface area contributed by atoms with Crippen LogP contribution in [-0.2, 0) is 13.6 Å². The maximum absolute atomic E-state index is 5.89. The molecule has 0 fully saturated rings. The Morgan fingerprint density at radius 3 is 2.57 bits per heavy atom. The molecule has 0 saturated heterocycles. The van der Waals surface area contributed by atoms with Crippen LogP contribution in [0.2, 0.25) is 0 Å². The molecule has 0 aliphatic rings. The van der Waals surface area contributed by atoms with Crippen molar-refractivity contribution in [1.29, 1.82) is 0 Å². The third-order valence-corrected chi connectivity index (χ3v) is 3.46. The molecule has 1 unspecified atom stereocenters. The van der Waals surface area contributed by atoms with Gasteiger partial charge in [-0.3, -0.25) is 4.68 Å². The van der Waals surface area contributed by atoms with E-state index in [-0.39, 0.29) is 12.1 Å². The normalized spacial score (nSPS) is 12.7. The lowest BCUT2D eigenvalue weighted by atomic mass is 10.1. The second-order valence-electron chi connectivity index (χ2n) is 5.72. The van der Waals surface area contributed by atoms with Crippen LogP contribution in [0.3, 0.4) is 0 Å². The zero-order valence-corrected chi connectivity index (χ0v) is 13.6. The fourth-order valence-electron chi connectivity index (χ4n) is 2.39. The molecule has 2 aromatic rings. The van der Waals surface area contributed by atoms with E-state index in [9.17, 15) is 0 Å². The first kappa shape index (κ1) is 15.6. The van der Waals surface area contributed by atoms with Gasteiger partial charge in [0.15, 0.2) is 0 Å². The van der Waals surface area contributed by atoms with Crippen LogP contribution < -0.4 is 10.1 Å². The minimum atomic E-state index is 0.180. The molecule has 1 N–H and O–H groups in total. The Bertz CT molecular complexity index is 589. The second kappa shape index (κ2) is 6.76. The van der Waals surface area contributed by atoms with Crippen LogP contribution in [0.5, 0.6) is 5.75 Å². The number of benzene rings is 1. The van der Waals surface area contributed by atoms with Crippen LogP contribution in [0.1, 0.15) is 43.6 Å². The molecule has 0 saturated carbocycles. The lowest BCUT2D eigenvalue weighted by Gasteiger charge is -2.19. The molecule has 4 heteroatoms. The highest BCUT2D eigenvalue weighted by atomic mass is 16.5. The van der Waals surface area contributed by atoms with Gasteiger partial charge in [-0.1, -0.05) is 18.2 Å². The number of aromatic nitrogens is 2. The third-order valence-electron chi connectivity index (χ3n) is 3.46. The van der Waals surface area contributed by atoms with Gasteiger partial charge in [-0.2, -0.15) is 5.10 Å². The Morgan fingerprint density at radius 1 is 1.24 bits per heavy atom. The van der Waals surface area contributed by atoms with Crippen LogP contribution in [0.25, 0.3) is 0 Å². The quantitative estimate of drug-likeness (QED) is 0.885. The van der Waals surface area contributed by atoms with Crippen molar-refractivity contribution in [3.63, 3.8) is 0 Å². The summed E-state index contributed by atoms with van der Waals surface area (Å²) in [6.07, 6.45) is 2.24. The number of hydrogen-bond donors (Lipinski definition) is 1. The summed E-state index contributed by atoms with van der Waals surface area (Å²) in [5.41, 5.74) is 3.49. The van der Waals surface area contributed by atoms with Gasteiger partial charge in [0.25, 0.3) is 0 Å². The number of nitrogens with zero attached hydrogens (tertiary/aromatic N) is 2. The number of nitrogens with one attached hydrogen (secondary N) is 1. The zero-order valence-electron chi connectivity index (χ0n) is 13.6. The first-order valence-electron chi connectivity index (χ1n) is 7.45. The molecule has 0 spiro atoms. The molecule has 114 valence electrons. The van der Waals surface area contributed by atoms with Crippen LogP contribution in [0.4, 0.5) is 0 Å². The lowest BCUT2D eigenvalue weighted by molar-refractivity contribution is 0.238. The van der Waals surface area contributed by atoms with Gasteiger partial charge in [-0.25, -0.2) is 0 Å². The van der Waals surface area contributed by atoms with E-state index in [4.69, 9.17) is 4.74 Å². The second-order valence-corrected chi connectivity index (χ2v) is 5.72. The minimum Gasteiger partial charge on any atom is -0.491 e. The minimum absolute atomic E-state index is 0.180. The van der Waals surface area contributed by atoms with E-state index < -0.39 is 0 Å². The van der Waals surface area contributed by atoms with Crippen molar-refractivity contribution in [1.82, 2.24) is 15.1 Å². The number of para-hydroxylation sites is 1. The largest absolute Gasteiger partial charge is 0.491 e. The summed E-state index contributed by atoms with van der Waals surface area (Å²) in [6.45, 7) is 9.10. The van der Waals surface area contributed by atoms with E-state index in [2.05, 4.69) is 35.7 Å². The highest BCUT2D eigenvalue weighted by Crippen LogP contribution is 2.26. The zero-order chi connectivity index (χ0) is 15.4. The van der Waals surface area contributed by atoms with Gasteiger partial charge in [0.05, 0.1) is 11.8 Å². The smallest absolute Gasteiger partial charge is 0.124 e. The van der Waals surface area contributed by atoms with Crippen LogP contribution in [0, 0.1) is 6.92 Å². The number of rotatable bonds is 6. The molecule has 1 atom stereocenters. The van der Waals surface area contributed by atoms with Crippen molar-refractivity contribution in [3.8, 4) is 5.75 Å². The molecule has 0 aliphatic heterocycles. The van der Waals surface area contributed by atoms with E-state index in [1.807, 2.05) is 44.6 Å². The summed E-state index contributed by atoms with van der Waals surface area (Å²) >= 11 is 0. The average molecular weight is 287 g/mol. The molecular weight excluding hydrogens is 262 g/mol. The van der Waals surface area contributed by atoms with Crippen molar-refractivity contribution >= 4 is 0 Å². The van der Waals surface area contributed by atoms with Gasteiger partial charge in [0, 0.05) is 37.0 Å². The van der Waals surface area contributed by atoms with Crippen molar-refractivity contribution in [2.24, 2.45) is 7.05 Å². The topological polar surface area (TPSA) is 39.1 Å². The summed E-state index contributed by atoms with van der Waals surface area (Å²) in [5, 5.41) is 7.92. The van der Waals surface area contributed by atoms with Gasteiger partial charge in [0.2, 0.25) is 0 Å². The highest BCUT2D eigenvalue weighted by Gasteiger charge is 2.13. The molecule has 0 bridgehead atoms. The SMILES string of the molecule is Cc1nn(C)cc1CNC(C)c1ccccc1OC(C)C. The monoisotopic (exact) mass is 287 g/mol. The van der Waals surface area contributed by atoms with Crippen molar-refractivity contribution in [3.05, 3.63) is 47.3 Å². The van der Waals surface area contributed by atoms with E-state index in [1.54, 1.807) is 0 Å². The number of hydrogen-bond acceptors (Lipinski definition) is 3. The molecular formula is C17H25N3O. The maximum Gasteiger partial charge on any atom is 0.124 e. The molecule has 2 rings (SSSR count). The van der Waals surface area contributed by atoms with Gasteiger partial charge < -0.3 is 10.1 Å². The van der Waals surface area contributed by atoms with Gasteiger partial charge in [-0.15, -0.1) is 0 Å². The lowest BCUT2D eigenvalue weighted by Crippen LogP contribution is -2.20. The van der Waals surface area contributed by atoms with Crippen LogP contribution >= 0.6 is 0 Å². The predicted molar refractivity (Wildman–Crippen MR) is 85.4 cm³/mol. The van der Waals surface area contributed by atoms with Crippen LogP contribution in [0.15, 0.2) is 30.5 Å². The van der Waals surface area contributed by atoms with E-state index in [0.29, 0.717) is 0 Å². The standard InChI is InChI=1S/C17H25N3O/c1-12(2)21-17-9-7-6-8-16(17)14(4)18-10-15-11-20(5)19-13(15)3/h6-9,11-12,14,18H,10H2,1-5H3. The van der Waals surface area contributed by atoms with Gasteiger partial charge in [-0.05, 0) is 33.8 Å². The molecule has 0 radical (unpaired) electrons. The highest BCUT2D eigenvalue weighted by molar-refractivity contribution is 5.35. The molecule has 1 aromatic carbocycles. The fourth-order valence-corrected chi connectivity index (χ4v) is 2.39. The molecule has 0 amide bonds. The molecule has 4 nitrogen and oxygen atoms in total. The van der Waals surface area contributed by atoms with Crippen LogP contribution in [-0.4, -0.2) is 15.9 Å². The molecule has 1 aromatic heterocycles. The maximum atomic E-state index is 5.89. The fraction of sp³-hybridized carbons (Fsp3) is 0.471. The summed E-state index contributed by atoms with van der Waals surface area (Å²) in [4.78, 5) is 0. The Labute approximate surface area is 127 Å². The first-order chi connectivity index (χ1) is 9.97. The van der Waals surface area contributed by atoms with Gasteiger partial charge in [0.1, 0.15) is 5.75 Å². The van der Waals surface area contributed by atoms with E-state index in [1.165, 1.54) is 11.1 Å². The first-order valence-corrected chi connectivity index (χ1v) is 7.45. The Balaban J connectivity index is 2.06. The van der Waals surface area contributed by atoms with E-state index in [0.717, 1.165) is 18.0 Å².